The van der Waals surface area contributed by atoms with Crippen molar-refractivity contribution >= 4 is 21.8 Å². The van der Waals surface area contributed by atoms with Gasteiger partial charge in [0.25, 0.3) is 5.91 Å². The van der Waals surface area contributed by atoms with Crippen molar-refractivity contribution in [2.24, 2.45) is 0 Å². The standard InChI is InChI=1S/C13H16BrNO2/c1-9(12-6-3-7-17-12)15-13(16)10-4-2-5-11(14)8-10/h2,4-5,8-9,12H,3,6-7H2,1H3,(H,15,16). The van der Waals surface area contributed by atoms with E-state index < -0.39 is 0 Å². The van der Waals surface area contributed by atoms with Crippen LogP contribution in [0.4, 0.5) is 0 Å². The summed E-state index contributed by atoms with van der Waals surface area (Å²) in [5.74, 6) is -0.0469. The van der Waals surface area contributed by atoms with Gasteiger partial charge in [-0.1, -0.05) is 22.0 Å². The fraction of sp³-hybridized carbons (Fsp3) is 0.462. The molecule has 3 nitrogen and oxygen atoms in total. The van der Waals surface area contributed by atoms with Gasteiger partial charge in [-0.25, -0.2) is 0 Å². The summed E-state index contributed by atoms with van der Waals surface area (Å²) >= 11 is 3.36. The lowest BCUT2D eigenvalue weighted by atomic mass is 10.1. The van der Waals surface area contributed by atoms with Crippen molar-refractivity contribution in [3.05, 3.63) is 34.3 Å². The van der Waals surface area contributed by atoms with E-state index in [1.54, 1.807) is 0 Å². The number of carbonyl (C=O) groups excluding carboxylic acids is 1. The van der Waals surface area contributed by atoms with Gasteiger partial charge in [0.05, 0.1) is 12.1 Å². The van der Waals surface area contributed by atoms with Crippen molar-refractivity contribution < 1.29 is 9.53 Å². The van der Waals surface area contributed by atoms with Gasteiger partial charge < -0.3 is 10.1 Å². The summed E-state index contributed by atoms with van der Waals surface area (Å²) in [5, 5.41) is 2.98. The molecule has 0 bridgehead atoms. The molecule has 1 fully saturated rings. The third-order valence-electron chi connectivity index (χ3n) is 2.97. The van der Waals surface area contributed by atoms with Crippen molar-refractivity contribution in [2.75, 3.05) is 6.61 Å². The number of benzene rings is 1. The van der Waals surface area contributed by atoms with Crippen molar-refractivity contribution in [2.45, 2.75) is 31.9 Å². The topological polar surface area (TPSA) is 38.3 Å². The van der Waals surface area contributed by atoms with E-state index in [1.807, 2.05) is 31.2 Å². The Balaban J connectivity index is 1.96. The van der Waals surface area contributed by atoms with E-state index in [0.717, 1.165) is 23.9 Å². The first-order chi connectivity index (χ1) is 8.16. The molecule has 0 aliphatic carbocycles. The Labute approximate surface area is 110 Å². The largest absolute Gasteiger partial charge is 0.376 e. The van der Waals surface area contributed by atoms with Crippen molar-refractivity contribution in [1.82, 2.24) is 5.32 Å². The van der Waals surface area contributed by atoms with E-state index in [1.165, 1.54) is 0 Å². The monoisotopic (exact) mass is 297 g/mol. The highest BCUT2D eigenvalue weighted by atomic mass is 79.9. The van der Waals surface area contributed by atoms with Crippen LogP contribution >= 0.6 is 15.9 Å². The molecular formula is C13H16BrNO2. The average molecular weight is 298 g/mol. The highest BCUT2D eigenvalue weighted by molar-refractivity contribution is 9.10. The molecule has 4 heteroatoms. The molecule has 0 aromatic heterocycles. The number of rotatable bonds is 3. The van der Waals surface area contributed by atoms with Crippen molar-refractivity contribution in [3.8, 4) is 0 Å². The first kappa shape index (κ1) is 12.6. The molecule has 1 aliphatic rings. The van der Waals surface area contributed by atoms with Gasteiger partial charge in [0.15, 0.2) is 0 Å². The Bertz CT molecular complexity index is 402. The van der Waals surface area contributed by atoms with Crippen LogP contribution in [0, 0.1) is 0 Å². The van der Waals surface area contributed by atoms with Gasteiger partial charge in [0, 0.05) is 16.6 Å². The van der Waals surface area contributed by atoms with E-state index in [-0.39, 0.29) is 18.1 Å². The number of halogens is 1. The molecule has 2 rings (SSSR count). The van der Waals surface area contributed by atoms with E-state index in [0.29, 0.717) is 5.56 Å². The zero-order valence-corrected chi connectivity index (χ0v) is 11.4. The molecule has 92 valence electrons. The van der Waals surface area contributed by atoms with Gasteiger partial charge in [-0.15, -0.1) is 0 Å². The lowest BCUT2D eigenvalue weighted by molar-refractivity contribution is 0.0712. The molecule has 17 heavy (non-hydrogen) atoms. The smallest absolute Gasteiger partial charge is 0.251 e. The van der Waals surface area contributed by atoms with E-state index in [2.05, 4.69) is 21.2 Å². The maximum absolute atomic E-state index is 12.0. The summed E-state index contributed by atoms with van der Waals surface area (Å²) in [5.41, 5.74) is 0.671. The molecule has 1 amide bonds. The van der Waals surface area contributed by atoms with E-state index in [9.17, 15) is 4.79 Å². The predicted molar refractivity (Wildman–Crippen MR) is 70.0 cm³/mol. The van der Waals surface area contributed by atoms with Gasteiger partial charge in [0.2, 0.25) is 0 Å². The summed E-state index contributed by atoms with van der Waals surface area (Å²) in [6.07, 6.45) is 2.27. The number of carbonyl (C=O) groups is 1. The summed E-state index contributed by atoms with van der Waals surface area (Å²) in [4.78, 5) is 12.0. The summed E-state index contributed by atoms with van der Waals surface area (Å²) in [7, 11) is 0. The Hall–Kier alpha value is -0.870. The lowest BCUT2D eigenvalue weighted by Gasteiger charge is -2.20. The minimum Gasteiger partial charge on any atom is -0.376 e. The minimum absolute atomic E-state index is 0.0469. The number of hydrogen-bond donors (Lipinski definition) is 1. The van der Waals surface area contributed by atoms with Crippen LogP contribution in [-0.4, -0.2) is 24.7 Å². The van der Waals surface area contributed by atoms with Crippen molar-refractivity contribution in [3.63, 3.8) is 0 Å². The highest BCUT2D eigenvalue weighted by Gasteiger charge is 2.23. The zero-order chi connectivity index (χ0) is 12.3. The van der Waals surface area contributed by atoms with E-state index >= 15 is 0 Å². The molecule has 2 unspecified atom stereocenters. The van der Waals surface area contributed by atoms with Gasteiger partial charge >= 0.3 is 0 Å². The molecule has 0 radical (unpaired) electrons. The third kappa shape index (κ3) is 3.30. The second-order valence-corrected chi connectivity index (χ2v) is 5.24. The second kappa shape index (κ2) is 5.65. The molecule has 2 atom stereocenters. The Morgan fingerprint density at radius 3 is 3.06 bits per heavy atom. The molecule has 1 aromatic carbocycles. The maximum atomic E-state index is 12.0. The average Bonchev–Trinajstić information content (AvgIpc) is 2.82. The van der Waals surface area contributed by atoms with Crippen LogP contribution in [0.25, 0.3) is 0 Å². The van der Waals surface area contributed by atoms with Gasteiger partial charge in [-0.2, -0.15) is 0 Å². The fourth-order valence-electron chi connectivity index (χ4n) is 2.01. The molecular weight excluding hydrogens is 282 g/mol. The fourth-order valence-corrected chi connectivity index (χ4v) is 2.41. The summed E-state index contributed by atoms with van der Waals surface area (Å²) < 4.78 is 6.46. The first-order valence-corrected chi connectivity index (χ1v) is 6.64. The zero-order valence-electron chi connectivity index (χ0n) is 9.78. The first-order valence-electron chi connectivity index (χ1n) is 5.85. The minimum atomic E-state index is -0.0469. The molecule has 1 aromatic rings. The van der Waals surface area contributed by atoms with Gasteiger partial charge in [-0.3, -0.25) is 4.79 Å². The third-order valence-corrected chi connectivity index (χ3v) is 3.46. The Morgan fingerprint density at radius 2 is 2.41 bits per heavy atom. The Morgan fingerprint density at radius 1 is 1.59 bits per heavy atom. The maximum Gasteiger partial charge on any atom is 0.251 e. The van der Waals surface area contributed by atoms with Crippen LogP contribution < -0.4 is 5.32 Å². The van der Waals surface area contributed by atoms with Gasteiger partial charge in [-0.05, 0) is 38.0 Å². The van der Waals surface area contributed by atoms with Crippen LogP contribution in [-0.2, 0) is 4.74 Å². The highest BCUT2D eigenvalue weighted by Crippen LogP contribution is 2.16. The number of hydrogen-bond acceptors (Lipinski definition) is 2. The molecule has 1 N–H and O–H groups in total. The summed E-state index contributed by atoms with van der Waals surface area (Å²) in [6.45, 7) is 2.80. The van der Waals surface area contributed by atoms with Gasteiger partial charge in [0.1, 0.15) is 0 Å². The number of nitrogens with one attached hydrogen (secondary N) is 1. The quantitative estimate of drug-likeness (QED) is 0.932. The molecule has 0 saturated carbocycles. The number of amides is 1. The second-order valence-electron chi connectivity index (χ2n) is 4.32. The molecule has 1 saturated heterocycles. The molecule has 1 aliphatic heterocycles. The van der Waals surface area contributed by atoms with Crippen LogP contribution in [0.2, 0.25) is 0 Å². The van der Waals surface area contributed by atoms with E-state index in [4.69, 9.17) is 4.74 Å². The van der Waals surface area contributed by atoms with Crippen LogP contribution in [0.15, 0.2) is 28.7 Å². The van der Waals surface area contributed by atoms with Crippen LogP contribution in [0.1, 0.15) is 30.1 Å². The SMILES string of the molecule is CC(NC(=O)c1cccc(Br)c1)C1CCCO1. The normalized spacial score (nSPS) is 21.2. The molecule has 0 spiro atoms. The predicted octanol–water partition coefficient (Wildman–Crippen LogP) is 2.75. The van der Waals surface area contributed by atoms with Crippen LogP contribution in [0.5, 0.6) is 0 Å². The summed E-state index contributed by atoms with van der Waals surface area (Å²) in [6, 6.07) is 7.44. The number of ether oxygens (including phenoxy) is 1. The van der Waals surface area contributed by atoms with Crippen molar-refractivity contribution in [1.29, 1.82) is 0 Å². The Kier molecular flexibility index (Phi) is 4.18. The molecule has 1 heterocycles. The van der Waals surface area contributed by atoms with Crippen LogP contribution in [0.3, 0.4) is 0 Å². The lowest BCUT2D eigenvalue weighted by Crippen LogP contribution is -2.40.